The molecule has 8 nitrogen and oxygen atoms in total. The highest BCUT2D eigenvalue weighted by Crippen LogP contribution is 2.10. The highest BCUT2D eigenvalue weighted by Gasteiger charge is 2.27. The van der Waals surface area contributed by atoms with Gasteiger partial charge in [0.05, 0.1) is 19.1 Å². The Balaban J connectivity index is 1.71. The molecule has 1 fully saturated rings. The number of carbonyl (C=O) groups excluding carboxylic acids is 1. The largest absolute Gasteiger partial charge is 0.481 e. The zero-order chi connectivity index (χ0) is 15.5. The Morgan fingerprint density at radius 1 is 1.27 bits per heavy atom. The first-order chi connectivity index (χ1) is 10.6. The summed E-state index contributed by atoms with van der Waals surface area (Å²) in [6.45, 7) is 0.979. The maximum atomic E-state index is 12.3. The molecule has 0 radical (unpaired) electrons. The number of carboxylic acids is 1. The third-order valence-corrected chi connectivity index (χ3v) is 3.57. The number of hydrogen-bond donors (Lipinski definition) is 1. The van der Waals surface area contributed by atoms with Crippen molar-refractivity contribution in [2.45, 2.75) is 6.54 Å². The lowest BCUT2D eigenvalue weighted by Crippen LogP contribution is -2.40. The van der Waals surface area contributed by atoms with E-state index in [0.29, 0.717) is 13.2 Å². The van der Waals surface area contributed by atoms with Crippen molar-refractivity contribution >= 4 is 22.9 Å². The summed E-state index contributed by atoms with van der Waals surface area (Å²) < 4.78 is 5.23. The molecule has 1 aromatic heterocycles. The van der Waals surface area contributed by atoms with Gasteiger partial charge in [-0.2, -0.15) is 15.0 Å². The first-order valence-corrected chi connectivity index (χ1v) is 7.01. The number of hydrogen-bond acceptors (Lipinski definition) is 5. The SMILES string of the molecule is O=C(O)C1COCCN(C(=O)Cn2nc3ccccc3n2)C1. The lowest BCUT2D eigenvalue weighted by atomic mass is 10.1. The minimum Gasteiger partial charge on any atom is -0.481 e. The molecule has 1 amide bonds. The molecule has 1 aliphatic rings. The molecule has 116 valence electrons. The fraction of sp³-hybridized carbons (Fsp3) is 0.429. The van der Waals surface area contributed by atoms with Gasteiger partial charge in [-0.25, -0.2) is 0 Å². The molecular formula is C14H16N4O4. The van der Waals surface area contributed by atoms with Crippen LogP contribution in [0.5, 0.6) is 0 Å². The van der Waals surface area contributed by atoms with Gasteiger partial charge in [0.1, 0.15) is 17.6 Å². The zero-order valence-electron chi connectivity index (χ0n) is 11.9. The monoisotopic (exact) mass is 304 g/mol. The number of carbonyl (C=O) groups is 2. The van der Waals surface area contributed by atoms with Gasteiger partial charge in [-0.1, -0.05) is 12.1 Å². The van der Waals surface area contributed by atoms with E-state index < -0.39 is 11.9 Å². The van der Waals surface area contributed by atoms with Crippen molar-refractivity contribution in [3.05, 3.63) is 24.3 Å². The molecule has 22 heavy (non-hydrogen) atoms. The highest BCUT2D eigenvalue weighted by atomic mass is 16.5. The van der Waals surface area contributed by atoms with Gasteiger partial charge in [0.25, 0.3) is 0 Å². The van der Waals surface area contributed by atoms with Gasteiger partial charge < -0.3 is 14.7 Å². The molecule has 3 rings (SSSR count). The minimum absolute atomic E-state index is 0.0129. The molecular weight excluding hydrogens is 288 g/mol. The van der Waals surface area contributed by atoms with Crippen LogP contribution in [0.2, 0.25) is 0 Å². The zero-order valence-corrected chi connectivity index (χ0v) is 11.9. The Bertz CT molecular complexity index is 666. The molecule has 0 saturated carbocycles. The number of ether oxygens (including phenoxy) is 1. The molecule has 0 bridgehead atoms. The first kappa shape index (κ1) is 14.5. The fourth-order valence-corrected chi connectivity index (χ4v) is 2.38. The van der Waals surface area contributed by atoms with E-state index in [0.717, 1.165) is 11.0 Å². The second-order valence-corrected chi connectivity index (χ2v) is 5.17. The van der Waals surface area contributed by atoms with Crippen molar-refractivity contribution in [2.75, 3.05) is 26.3 Å². The Kier molecular flexibility index (Phi) is 4.01. The lowest BCUT2D eigenvalue weighted by molar-refractivity contribution is -0.144. The molecule has 1 aromatic carbocycles. The van der Waals surface area contributed by atoms with Gasteiger partial charge in [0.2, 0.25) is 5.91 Å². The van der Waals surface area contributed by atoms with Gasteiger partial charge in [-0.3, -0.25) is 9.59 Å². The van der Waals surface area contributed by atoms with E-state index in [2.05, 4.69) is 10.2 Å². The van der Waals surface area contributed by atoms with Crippen LogP contribution in [0.25, 0.3) is 11.0 Å². The van der Waals surface area contributed by atoms with Crippen LogP contribution in [0, 0.1) is 5.92 Å². The summed E-state index contributed by atoms with van der Waals surface area (Å²) in [5.74, 6) is -1.86. The number of aliphatic carboxylic acids is 1. The van der Waals surface area contributed by atoms with Gasteiger partial charge in [0, 0.05) is 13.1 Å². The molecule has 2 aromatic rings. The molecule has 1 saturated heterocycles. The van der Waals surface area contributed by atoms with Crippen LogP contribution in [0.1, 0.15) is 0 Å². The molecule has 0 spiro atoms. The predicted octanol–water partition coefficient (Wildman–Crippen LogP) is -0.00910. The van der Waals surface area contributed by atoms with Crippen LogP contribution in [-0.2, 0) is 20.9 Å². The molecule has 8 heteroatoms. The summed E-state index contributed by atoms with van der Waals surface area (Å²) in [5.41, 5.74) is 1.44. The van der Waals surface area contributed by atoms with Crippen LogP contribution in [0.15, 0.2) is 24.3 Å². The van der Waals surface area contributed by atoms with Crippen molar-refractivity contribution in [2.24, 2.45) is 5.92 Å². The molecule has 1 atom stereocenters. The van der Waals surface area contributed by atoms with Crippen molar-refractivity contribution in [3.63, 3.8) is 0 Å². The normalized spacial score (nSPS) is 19.1. The van der Waals surface area contributed by atoms with E-state index in [4.69, 9.17) is 9.84 Å². The summed E-state index contributed by atoms with van der Waals surface area (Å²) in [4.78, 5) is 26.3. The summed E-state index contributed by atoms with van der Waals surface area (Å²) in [6.07, 6.45) is 0. The molecule has 1 aliphatic heterocycles. The van der Waals surface area contributed by atoms with Crippen LogP contribution in [0.4, 0.5) is 0 Å². The quantitative estimate of drug-likeness (QED) is 0.856. The third kappa shape index (κ3) is 3.06. The maximum absolute atomic E-state index is 12.3. The lowest BCUT2D eigenvalue weighted by Gasteiger charge is -2.21. The summed E-state index contributed by atoms with van der Waals surface area (Å²) in [7, 11) is 0. The Labute approximate surface area is 126 Å². The van der Waals surface area contributed by atoms with Crippen LogP contribution in [-0.4, -0.2) is 63.2 Å². The second-order valence-electron chi connectivity index (χ2n) is 5.17. The standard InChI is InChI=1S/C14H16N4O4/c19-13(17-5-6-22-9-10(7-17)14(20)21)8-18-15-11-3-1-2-4-12(11)16-18/h1-4,10H,5-9H2,(H,20,21). The van der Waals surface area contributed by atoms with E-state index in [9.17, 15) is 9.59 Å². The van der Waals surface area contributed by atoms with E-state index in [-0.39, 0.29) is 25.6 Å². The maximum Gasteiger partial charge on any atom is 0.310 e. The summed E-state index contributed by atoms with van der Waals surface area (Å²) in [5, 5.41) is 17.6. The first-order valence-electron chi connectivity index (χ1n) is 7.01. The Morgan fingerprint density at radius 2 is 1.95 bits per heavy atom. The van der Waals surface area contributed by atoms with Crippen molar-refractivity contribution in [1.82, 2.24) is 19.9 Å². The number of rotatable bonds is 3. The second kappa shape index (κ2) is 6.10. The van der Waals surface area contributed by atoms with Crippen molar-refractivity contribution in [3.8, 4) is 0 Å². The topological polar surface area (TPSA) is 97.6 Å². The molecule has 1 N–H and O–H groups in total. The van der Waals surface area contributed by atoms with E-state index in [1.165, 1.54) is 9.70 Å². The van der Waals surface area contributed by atoms with E-state index >= 15 is 0 Å². The van der Waals surface area contributed by atoms with E-state index in [1.807, 2.05) is 24.3 Å². The van der Waals surface area contributed by atoms with Gasteiger partial charge >= 0.3 is 5.97 Å². The average molecular weight is 304 g/mol. The minimum atomic E-state index is -0.956. The van der Waals surface area contributed by atoms with E-state index in [1.54, 1.807) is 0 Å². The third-order valence-electron chi connectivity index (χ3n) is 3.57. The molecule has 2 heterocycles. The van der Waals surface area contributed by atoms with Crippen LogP contribution in [0.3, 0.4) is 0 Å². The van der Waals surface area contributed by atoms with Gasteiger partial charge in [0.15, 0.2) is 0 Å². The summed E-state index contributed by atoms with van der Waals surface area (Å²) >= 11 is 0. The number of fused-ring (bicyclic) bond motifs is 1. The molecule has 0 aliphatic carbocycles. The van der Waals surface area contributed by atoms with Crippen LogP contribution >= 0.6 is 0 Å². The molecule has 1 unspecified atom stereocenters. The Morgan fingerprint density at radius 3 is 2.59 bits per heavy atom. The summed E-state index contributed by atoms with van der Waals surface area (Å²) in [6, 6.07) is 7.35. The van der Waals surface area contributed by atoms with Gasteiger partial charge in [-0.05, 0) is 12.1 Å². The number of carboxylic acid groups (broad SMARTS) is 1. The van der Waals surface area contributed by atoms with Crippen molar-refractivity contribution in [1.29, 1.82) is 0 Å². The van der Waals surface area contributed by atoms with Crippen molar-refractivity contribution < 1.29 is 19.4 Å². The Hall–Kier alpha value is -2.48. The fourth-order valence-electron chi connectivity index (χ4n) is 2.38. The van der Waals surface area contributed by atoms with Gasteiger partial charge in [-0.15, -0.1) is 0 Å². The number of aromatic nitrogens is 3. The number of benzene rings is 1. The van der Waals surface area contributed by atoms with Crippen LogP contribution < -0.4 is 0 Å². The average Bonchev–Trinajstić information content (AvgIpc) is 2.73. The smallest absolute Gasteiger partial charge is 0.310 e. The highest BCUT2D eigenvalue weighted by molar-refractivity contribution is 5.78. The number of nitrogens with zero attached hydrogens (tertiary/aromatic N) is 4. The number of amides is 1. The predicted molar refractivity (Wildman–Crippen MR) is 76.1 cm³/mol.